The highest BCUT2D eigenvalue weighted by molar-refractivity contribution is 6.34. The SMILES string of the molecule is CC(=O)c1ccc(-n2nc(C)cc2C)cc1Cl. The maximum absolute atomic E-state index is 11.3. The van der Waals surface area contributed by atoms with Crippen molar-refractivity contribution in [1.82, 2.24) is 9.78 Å². The Hall–Kier alpha value is -1.61. The van der Waals surface area contributed by atoms with Crippen molar-refractivity contribution in [2.75, 3.05) is 0 Å². The number of Topliss-reactive ketones (excluding diaryl/α,β-unsaturated/α-hetero) is 1. The Morgan fingerprint density at radius 1 is 1.29 bits per heavy atom. The van der Waals surface area contributed by atoms with Crippen molar-refractivity contribution >= 4 is 17.4 Å². The van der Waals surface area contributed by atoms with Crippen molar-refractivity contribution < 1.29 is 4.79 Å². The van der Waals surface area contributed by atoms with Gasteiger partial charge in [-0.1, -0.05) is 11.6 Å². The minimum atomic E-state index is -0.0325. The fourth-order valence-electron chi connectivity index (χ4n) is 1.81. The molecule has 0 aliphatic heterocycles. The van der Waals surface area contributed by atoms with Crippen LogP contribution in [0, 0.1) is 13.8 Å². The van der Waals surface area contributed by atoms with E-state index in [1.54, 1.807) is 12.1 Å². The van der Waals surface area contributed by atoms with Crippen molar-refractivity contribution in [2.45, 2.75) is 20.8 Å². The number of rotatable bonds is 2. The van der Waals surface area contributed by atoms with Gasteiger partial charge < -0.3 is 0 Å². The maximum atomic E-state index is 11.3. The second-order valence-electron chi connectivity index (χ2n) is 4.06. The molecule has 0 aliphatic rings. The zero-order chi connectivity index (χ0) is 12.6. The van der Waals surface area contributed by atoms with Crippen molar-refractivity contribution in [3.8, 4) is 5.69 Å². The summed E-state index contributed by atoms with van der Waals surface area (Å²) >= 11 is 6.07. The van der Waals surface area contributed by atoms with E-state index in [-0.39, 0.29) is 5.78 Å². The van der Waals surface area contributed by atoms with Crippen LogP contribution in [0.1, 0.15) is 28.7 Å². The molecule has 0 spiro atoms. The predicted molar refractivity (Wildman–Crippen MR) is 68.1 cm³/mol. The fraction of sp³-hybridized carbons (Fsp3) is 0.231. The molecule has 0 atom stereocenters. The molecule has 0 saturated carbocycles. The highest BCUT2D eigenvalue weighted by Crippen LogP contribution is 2.21. The van der Waals surface area contributed by atoms with Crippen LogP contribution in [0.4, 0.5) is 0 Å². The van der Waals surface area contributed by atoms with Crippen molar-refractivity contribution in [3.05, 3.63) is 46.2 Å². The van der Waals surface area contributed by atoms with Gasteiger partial charge in [0.1, 0.15) is 0 Å². The molecule has 0 fully saturated rings. The number of nitrogens with zero attached hydrogens (tertiary/aromatic N) is 2. The molecule has 17 heavy (non-hydrogen) atoms. The summed E-state index contributed by atoms with van der Waals surface area (Å²) in [6.07, 6.45) is 0. The third kappa shape index (κ3) is 2.24. The third-order valence-corrected chi connectivity index (χ3v) is 2.90. The predicted octanol–water partition coefficient (Wildman–Crippen LogP) is 3.35. The van der Waals surface area contributed by atoms with E-state index in [1.807, 2.05) is 30.7 Å². The molecule has 0 unspecified atom stereocenters. The summed E-state index contributed by atoms with van der Waals surface area (Å²) in [6, 6.07) is 7.34. The highest BCUT2D eigenvalue weighted by Gasteiger charge is 2.09. The number of benzene rings is 1. The van der Waals surface area contributed by atoms with Crippen LogP contribution in [0.3, 0.4) is 0 Å². The second-order valence-corrected chi connectivity index (χ2v) is 4.47. The number of aromatic nitrogens is 2. The van der Waals surface area contributed by atoms with E-state index in [4.69, 9.17) is 11.6 Å². The van der Waals surface area contributed by atoms with E-state index in [2.05, 4.69) is 5.10 Å². The first-order valence-electron chi connectivity index (χ1n) is 5.33. The van der Waals surface area contributed by atoms with Crippen LogP contribution in [0.2, 0.25) is 5.02 Å². The van der Waals surface area contributed by atoms with Crippen LogP contribution in [-0.4, -0.2) is 15.6 Å². The Kier molecular flexibility index (Phi) is 3.03. The number of aryl methyl sites for hydroxylation is 2. The molecule has 0 bridgehead atoms. The lowest BCUT2D eigenvalue weighted by molar-refractivity contribution is 0.101. The van der Waals surface area contributed by atoms with Gasteiger partial charge in [-0.25, -0.2) is 4.68 Å². The molecule has 88 valence electrons. The summed E-state index contributed by atoms with van der Waals surface area (Å²) in [4.78, 5) is 11.3. The summed E-state index contributed by atoms with van der Waals surface area (Å²) in [7, 11) is 0. The summed E-state index contributed by atoms with van der Waals surface area (Å²) < 4.78 is 1.81. The molecule has 4 heteroatoms. The van der Waals surface area contributed by atoms with E-state index in [9.17, 15) is 4.79 Å². The highest BCUT2D eigenvalue weighted by atomic mass is 35.5. The topological polar surface area (TPSA) is 34.9 Å². The molecule has 1 aromatic heterocycles. The molecule has 2 aromatic rings. The first-order chi connectivity index (χ1) is 7.99. The maximum Gasteiger partial charge on any atom is 0.161 e. The lowest BCUT2D eigenvalue weighted by Gasteiger charge is -2.06. The number of hydrogen-bond acceptors (Lipinski definition) is 2. The number of carbonyl (C=O) groups is 1. The standard InChI is InChI=1S/C13H13ClN2O/c1-8-6-9(2)16(15-8)11-4-5-12(10(3)17)13(14)7-11/h4-7H,1-3H3. The molecule has 2 rings (SSSR count). The normalized spacial score (nSPS) is 10.6. The smallest absolute Gasteiger partial charge is 0.161 e. The van der Waals surface area contributed by atoms with Gasteiger partial charge in [0, 0.05) is 11.3 Å². The average molecular weight is 249 g/mol. The average Bonchev–Trinajstić information content (AvgIpc) is 2.57. The van der Waals surface area contributed by atoms with E-state index in [1.165, 1.54) is 6.92 Å². The lowest BCUT2D eigenvalue weighted by Crippen LogP contribution is -2.01. The molecule has 1 heterocycles. The molecule has 0 radical (unpaired) electrons. The summed E-state index contributed by atoms with van der Waals surface area (Å²) in [5.41, 5.74) is 3.39. The zero-order valence-electron chi connectivity index (χ0n) is 9.99. The Morgan fingerprint density at radius 3 is 2.47 bits per heavy atom. The van der Waals surface area contributed by atoms with Gasteiger partial charge in [0.15, 0.2) is 5.78 Å². The van der Waals surface area contributed by atoms with Gasteiger partial charge in [-0.3, -0.25) is 4.79 Å². The number of hydrogen-bond donors (Lipinski definition) is 0. The van der Waals surface area contributed by atoms with Crippen LogP contribution in [0.5, 0.6) is 0 Å². The van der Waals surface area contributed by atoms with E-state index in [0.717, 1.165) is 17.1 Å². The Morgan fingerprint density at radius 2 is 2.00 bits per heavy atom. The van der Waals surface area contributed by atoms with Crippen LogP contribution in [0.25, 0.3) is 5.69 Å². The van der Waals surface area contributed by atoms with Gasteiger partial charge in [-0.15, -0.1) is 0 Å². The molecule has 1 aromatic carbocycles. The van der Waals surface area contributed by atoms with Crippen LogP contribution in [0.15, 0.2) is 24.3 Å². The van der Waals surface area contributed by atoms with Crippen LogP contribution in [-0.2, 0) is 0 Å². The molecular weight excluding hydrogens is 236 g/mol. The minimum Gasteiger partial charge on any atom is -0.294 e. The fourth-order valence-corrected chi connectivity index (χ4v) is 2.12. The van der Waals surface area contributed by atoms with Gasteiger partial charge in [0.25, 0.3) is 0 Å². The van der Waals surface area contributed by atoms with Gasteiger partial charge in [-0.05, 0) is 45.0 Å². The minimum absolute atomic E-state index is 0.0325. The Labute approximate surface area is 105 Å². The first-order valence-corrected chi connectivity index (χ1v) is 5.71. The lowest BCUT2D eigenvalue weighted by atomic mass is 10.1. The molecule has 3 nitrogen and oxygen atoms in total. The van der Waals surface area contributed by atoms with Crippen molar-refractivity contribution in [2.24, 2.45) is 0 Å². The van der Waals surface area contributed by atoms with Gasteiger partial charge in [0.05, 0.1) is 16.4 Å². The van der Waals surface area contributed by atoms with Crippen LogP contribution >= 0.6 is 11.6 Å². The van der Waals surface area contributed by atoms with E-state index < -0.39 is 0 Å². The molecule has 0 N–H and O–H groups in total. The second kappa shape index (κ2) is 4.34. The summed E-state index contributed by atoms with van der Waals surface area (Å²) in [6.45, 7) is 5.42. The molecule has 0 amide bonds. The van der Waals surface area contributed by atoms with E-state index >= 15 is 0 Å². The largest absolute Gasteiger partial charge is 0.294 e. The zero-order valence-corrected chi connectivity index (χ0v) is 10.7. The number of carbonyl (C=O) groups excluding carboxylic acids is 1. The quantitative estimate of drug-likeness (QED) is 0.764. The van der Waals surface area contributed by atoms with Crippen molar-refractivity contribution in [1.29, 1.82) is 0 Å². The number of ketones is 1. The molecule has 0 aliphatic carbocycles. The third-order valence-electron chi connectivity index (χ3n) is 2.59. The van der Waals surface area contributed by atoms with E-state index in [0.29, 0.717) is 10.6 Å². The molecular formula is C13H13ClN2O. The van der Waals surface area contributed by atoms with Crippen molar-refractivity contribution in [3.63, 3.8) is 0 Å². The summed E-state index contributed by atoms with van der Waals surface area (Å²) in [5.74, 6) is -0.0325. The summed E-state index contributed by atoms with van der Waals surface area (Å²) in [5, 5.41) is 4.83. The van der Waals surface area contributed by atoms with Crippen LogP contribution < -0.4 is 0 Å². The Bertz CT molecular complexity index is 587. The monoisotopic (exact) mass is 248 g/mol. The Balaban J connectivity index is 2.51. The van der Waals surface area contributed by atoms with Gasteiger partial charge in [-0.2, -0.15) is 5.10 Å². The first kappa shape index (κ1) is 11.9. The van der Waals surface area contributed by atoms with Gasteiger partial charge >= 0.3 is 0 Å². The number of halogens is 1. The molecule has 0 saturated heterocycles. The van der Waals surface area contributed by atoms with Gasteiger partial charge in [0.2, 0.25) is 0 Å².